The van der Waals surface area contributed by atoms with E-state index in [0.717, 1.165) is 17.5 Å². The van der Waals surface area contributed by atoms with Crippen LogP contribution in [-0.4, -0.2) is 10.1 Å². The summed E-state index contributed by atoms with van der Waals surface area (Å²) < 4.78 is 0. The van der Waals surface area contributed by atoms with Gasteiger partial charge in [-0.2, -0.15) is 0 Å². The van der Waals surface area contributed by atoms with Crippen LogP contribution in [-0.2, 0) is 0 Å². The standard InChI is InChI=1S/C17H15NO/c19-17-10-14(12-6-2-3-7-13(12)17)16-9-11-5-1-4-8-15(11)18-16/h1-9,14,17-19H,10H2/t14-,17+/m0/s1. The molecule has 19 heavy (non-hydrogen) atoms. The van der Waals surface area contributed by atoms with E-state index in [1.807, 2.05) is 24.3 Å². The molecule has 94 valence electrons. The zero-order chi connectivity index (χ0) is 12.8. The van der Waals surface area contributed by atoms with Gasteiger partial charge in [-0.15, -0.1) is 0 Å². The summed E-state index contributed by atoms with van der Waals surface area (Å²) in [4.78, 5) is 3.49. The molecule has 1 aliphatic carbocycles. The lowest BCUT2D eigenvalue weighted by Crippen LogP contribution is -1.96. The molecule has 1 aromatic heterocycles. The van der Waals surface area contributed by atoms with Crippen molar-refractivity contribution < 1.29 is 5.11 Å². The maximum atomic E-state index is 10.2. The highest BCUT2D eigenvalue weighted by molar-refractivity contribution is 5.80. The molecule has 0 radical (unpaired) electrons. The van der Waals surface area contributed by atoms with Crippen molar-refractivity contribution in [2.24, 2.45) is 0 Å². The average molecular weight is 249 g/mol. The van der Waals surface area contributed by atoms with E-state index in [9.17, 15) is 5.11 Å². The van der Waals surface area contributed by atoms with E-state index in [1.54, 1.807) is 0 Å². The predicted molar refractivity (Wildman–Crippen MR) is 76.2 cm³/mol. The van der Waals surface area contributed by atoms with Gasteiger partial charge >= 0.3 is 0 Å². The molecule has 2 atom stereocenters. The molecule has 2 nitrogen and oxygen atoms in total. The van der Waals surface area contributed by atoms with Crippen LogP contribution in [0.5, 0.6) is 0 Å². The lowest BCUT2D eigenvalue weighted by molar-refractivity contribution is 0.176. The van der Waals surface area contributed by atoms with Gasteiger partial charge in [0.15, 0.2) is 0 Å². The molecule has 4 rings (SSSR count). The third-order valence-corrected chi connectivity index (χ3v) is 4.12. The lowest BCUT2D eigenvalue weighted by Gasteiger charge is -2.08. The van der Waals surface area contributed by atoms with Gasteiger partial charge in [0.25, 0.3) is 0 Å². The zero-order valence-corrected chi connectivity index (χ0v) is 10.5. The Balaban J connectivity index is 1.85. The normalized spacial score (nSPS) is 21.7. The van der Waals surface area contributed by atoms with Crippen LogP contribution in [0.2, 0.25) is 0 Å². The van der Waals surface area contributed by atoms with Crippen LogP contribution in [0.25, 0.3) is 10.9 Å². The van der Waals surface area contributed by atoms with Gasteiger partial charge in [0, 0.05) is 17.1 Å². The largest absolute Gasteiger partial charge is 0.388 e. The Labute approximate surface area is 111 Å². The fourth-order valence-corrected chi connectivity index (χ4v) is 3.19. The van der Waals surface area contributed by atoms with Gasteiger partial charge in [0.1, 0.15) is 0 Å². The Morgan fingerprint density at radius 2 is 1.68 bits per heavy atom. The summed E-state index contributed by atoms with van der Waals surface area (Å²) in [6, 6.07) is 18.7. The van der Waals surface area contributed by atoms with Crippen LogP contribution in [0.3, 0.4) is 0 Å². The van der Waals surface area contributed by atoms with Gasteiger partial charge in [0.2, 0.25) is 0 Å². The van der Waals surface area contributed by atoms with Crippen LogP contribution in [0.1, 0.15) is 35.3 Å². The molecule has 0 bridgehead atoms. The average Bonchev–Trinajstić information content (AvgIpc) is 3.01. The number of aliphatic hydroxyl groups excluding tert-OH is 1. The monoisotopic (exact) mass is 249 g/mol. The lowest BCUT2D eigenvalue weighted by atomic mass is 9.98. The van der Waals surface area contributed by atoms with Crippen molar-refractivity contribution in [3.8, 4) is 0 Å². The Morgan fingerprint density at radius 1 is 0.947 bits per heavy atom. The molecular weight excluding hydrogens is 234 g/mol. The van der Waals surface area contributed by atoms with Crippen LogP contribution in [0.4, 0.5) is 0 Å². The first-order valence-corrected chi connectivity index (χ1v) is 6.67. The number of hydrogen-bond donors (Lipinski definition) is 2. The number of rotatable bonds is 1. The van der Waals surface area contributed by atoms with Gasteiger partial charge < -0.3 is 10.1 Å². The molecule has 0 spiro atoms. The van der Waals surface area contributed by atoms with E-state index < -0.39 is 0 Å². The smallest absolute Gasteiger partial charge is 0.0802 e. The van der Waals surface area contributed by atoms with Gasteiger partial charge in [-0.1, -0.05) is 42.5 Å². The van der Waals surface area contributed by atoms with Gasteiger partial charge in [0.05, 0.1) is 6.10 Å². The Hall–Kier alpha value is -2.06. The highest BCUT2D eigenvalue weighted by atomic mass is 16.3. The summed E-state index contributed by atoms with van der Waals surface area (Å²) in [5.41, 5.74) is 4.69. The van der Waals surface area contributed by atoms with Crippen molar-refractivity contribution in [3.63, 3.8) is 0 Å². The second-order valence-corrected chi connectivity index (χ2v) is 5.24. The first-order valence-electron chi connectivity index (χ1n) is 6.67. The van der Waals surface area contributed by atoms with Gasteiger partial charge in [-0.25, -0.2) is 0 Å². The number of aromatic amines is 1. The fourth-order valence-electron chi connectivity index (χ4n) is 3.19. The summed E-state index contributed by atoms with van der Waals surface area (Å²) >= 11 is 0. The van der Waals surface area contributed by atoms with Crippen molar-refractivity contribution >= 4 is 10.9 Å². The van der Waals surface area contributed by atoms with Crippen molar-refractivity contribution in [1.82, 2.24) is 4.98 Å². The van der Waals surface area contributed by atoms with Crippen LogP contribution >= 0.6 is 0 Å². The summed E-state index contributed by atoms with van der Waals surface area (Å²) in [5, 5.41) is 11.4. The zero-order valence-electron chi connectivity index (χ0n) is 10.5. The molecule has 0 saturated heterocycles. The summed E-state index contributed by atoms with van der Waals surface area (Å²) in [6.07, 6.45) is 0.430. The van der Waals surface area contributed by atoms with Gasteiger partial charge in [-0.3, -0.25) is 0 Å². The second kappa shape index (κ2) is 3.97. The van der Waals surface area contributed by atoms with Crippen molar-refractivity contribution in [2.75, 3.05) is 0 Å². The molecule has 1 heterocycles. The van der Waals surface area contributed by atoms with E-state index in [-0.39, 0.29) is 12.0 Å². The molecular formula is C17H15NO. The van der Waals surface area contributed by atoms with Crippen LogP contribution < -0.4 is 0 Å². The van der Waals surface area contributed by atoms with E-state index in [4.69, 9.17) is 0 Å². The Morgan fingerprint density at radius 3 is 2.53 bits per heavy atom. The molecule has 0 saturated carbocycles. The van der Waals surface area contributed by atoms with Crippen molar-refractivity contribution in [1.29, 1.82) is 0 Å². The minimum atomic E-state index is -0.340. The molecule has 0 fully saturated rings. The maximum Gasteiger partial charge on any atom is 0.0802 e. The number of H-pyrrole nitrogens is 1. The highest BCUT2D eigenvalue weighted by Crippen LogP contribution is 2.43. The molecule has 0 unspecified atom stereocenters. The van der Waals surface area contributed by atoms with Crippen molar-refractivity contribution in [3.05, 3.63) is 71.4 Å². The third-order valence-electron chi connectivity index (χ3n) is 4.12. The first-order chi connectivity index (χ1) is 9.33. The van der Waals surface area contributed by atoms with Gasteiger partial charge in [-0.05, 0) is 35.1 Å². The topological polar surface area (TPSA) is 36.0 Å². The molecule has 2 N–H and O–H groups in total. The summed E-state index contributed by atoms with van der Waals surface area (Å²) in [7, 11) is 0. The third kappa shape index (κ3) is 1.60. The highest BCUT2D eigenvalue weighted by Gasteiger charge is 2.31. The predicted octanol–water partition coefficient (Wildman–Crippen LogP) is 3.74. The maximum absolute atomic E-state index is 10.2. The number of fused-ring (bicyclic) bond motifs is 2. The SMILES string of the molecule is O[C@@H]1C[C@H](c2cc3ccccc3[nH]2)c2ccccc21. The number of para-hydroxylation sites is 1. The van der Waals surface area contributed by atoms with Crippen LogP contribution in [0.15, 0.2) is 54.6 Å². The summed E-state index contributed by atoms with van der Waals surface area (Å²) in [5.74, 6) is 0.276. The molecule has 3 aromatic rings. The Kier molecular flexibility index (Phi) is 2.26. The van der Waals surface area contributed by atoms with E-state index in [0.29, 0.717) is 0 Å². The molecule has 1 aliphatic rings. The molecule has 0 amide bonds. The fraction of sp³-hybridized carbons (Fsp3) is 0.176. The van der Waals surface area contributed by atoms with E-state index >= 15 is 0 Å². The number of aromatic nitrogens is 1. The second-order valence-electron chi connectivity index (χ2n) is 5.24. The van der Waals surface area contributed by atoms with Crippen molar-refractivity contribution in [2.45, 2.75) is 18.4 Å². The number of aliphatic hydroxyl groups is 1. The quantitative estimate of drug-likeness (QED) is 0.677. The number of nitrogens with one attached hydrogen (secondary N) is 1. The molecule has 2 heteroatoms. The molecule has 0 aliphatic heterocycles. The minimum Gasteiger partial charge on any atom is -0.388 e. The number of benzene rings is 2. The summed E-state index contributed by atoms with van der Waals surface area (Å²) in [6.45, 7) is 0. The van der Waals surface area contributed by atoms with E-state index in [1.165, 1.54) is 16.6 Å². The van der Waals surface area contributed by atoms with Crippen LogP contribution in [0, 0.1) is 0 Å². The molecule has 2 aromatic carbocycles. The first kappa shape index (κ1) is 10.8. The minimum absolute atomic E-state index is 0.276. The van der Waals surface area contributed by atoms with E-state index in [2.05, 4.69) is 35.3 Å². The number of hydrogen-bond acceptors (Lipinski definition) is 1. The Bertz CT molecular complexity index is 711.